The lowest BCUT2D eigenvalue weighted by atomic mass is 9.93. The zero-order valence-corrected chi connectivity index (χ0v) is 20.1. The topological polar surface area (TPSA) is 54.0 Å². The van der Waals surface area contributed by atoms with Crippen molar-refractivity contribution in [1.82, 2.24) is 10.2 Å². The number of fused-ring (bicyclic) bond motifs is 3. The van der Waals surface area contributed by atoms with Gasteiger partial charge in [0, 0.05) is 12.2 Å². The van der Waals surface area contributed by atoms with E-state index in [0.29, 0.717) is 31.4 Å². The first kappa shape index (κ1) is 21.5. The van der Waals surface area contributed by atoms with Crippen LogP contribution in [0.5, 0.6) is 5.75 Å². The molecule has 0 radical (unpaired) electrons. The number of morpholine rings is 1. The van der Waals surface area contributed by atoms with Gasteiger partial charge in [-0.1, -0.05) is 13.8 Å². The number of methoxy groups -OCH3 is 1. The summed E-state index contributed by atoms with van der Waals surface area (Å²) in [6.45, 7) is 10.3. The number of benzene rings is 1. The van der Waals surface area contributed by atoms with Gasteiger partial charge in [0.15, 0.2) is 5.08 Å². The SMILES string of the molecule is COc1cc2c(cc1CC(C)C)N1C(=C(C(=O)N3CCOCC3(C)C)NC1Br)CC2. The average Bonchev–Trinajstić information content (AvgIpc) is 3.03. The lowest BCUT2D eigenvalue weighted by Crippen LogP contribution is -2.56. The van der Waals surface area contributed by atoms with E-state index in [1.54, 1.807) is 7.11 Å². The van der Waals surface area contributed by atoms with Gasteiger partial charge in [0.05, 0.1) is 31.6 Å². The van der Waals surface area contributed by atoms with Crippen LogP contribution in [0.2, 0.25) is 0 Å². The van der Waals surface area contributed by atoms with Crippen molar-refractivity contribution < 1.29 is 14.3 Å². The third-order valence-corrected chi connectivity index (χ3v) is 6.81. The monoisotopic (exact) mass is 477 g/mol. The molecule has 0 aliphatic carbocycles. The number of aryl methyl sites for hydroxylation is 1. The first-order valence-corrected chi connectivity index (χ1v) is 11.7. The number of hydrogen-bond acceptors (Lipinski definition) is 5. The number of rotatable bonds is 4. The second-order valence-corrected chi connectivity index (χ2v) is 10.3. The summed E-state index contributed by atoms with van der Waals surface area (Å²) in [6, 6.07) is 4.42. The highest BCUT2D eigenvalue weighted by Gasteiger charge is 2.42. The molecule has 164 valence electrons. The summed E-state index contributed by atoms with van der Waals surface area (Å²) in [5.41, 5.74) is 5.09. The molecule has 1 fully saturated rings. The van der Waals surface area contributed by atoms with Gasteiger partial charge in [-0.2, -0.15) is 0 Å². The van der Waals surface area contributed by atoms with Gasteiger partial charge in [0.2, 0.25) is 0 Å². The molecule has 1 aromatic rings. The van der Waals surface area contributed by atoms with Crippen molar-refractivity contribution in [2.75, 3.05) is 31.8 Å². The molecule has 3 heterocycles. The molecule has 3 aliphatic rings. The third kappa shape index (κ3) is 3.71. The van der Waals surface area contributed by atoms with Crippen LogP contribution in [-0.4, -0.2) is 48.3 Å². The Kier molecular flexibility index (Phi) is 5.79. The van der Waals surface area contributed by atoms with Crippen LogP contribution in [0, 0.1) is 5.92 Å². The van der Waals surface area contributed by atoms with E-state index in [1.807, 2.05) is 4.90 Å². The van der Waals surface area contributed by atoms with Gasteiger partial charge in [0.25, 0.3) is 5.91 Å². The number of carbonyl (C=O) groups is 1. The van der Waals surface area contributed by atoms with Gasteiger partial charge >= 0.3 is 0 Å². The van der Waals surface area contributed by atoms with Crippen LogP contribution < -0.4 is 15.0 Å². The van der Waals surface area contributed by atoms with Crippen molar-refractivity contribution in [1.29, 1.82) is 0 Å². The van der Waals surface area contributed by atoms with Gasteiger partial charge < -0.3 is 24.6 Å². The molecule has 0 bridgehead atoms. The predicted octanol–water partition coefficient (Wildman–Crippen LogP) is 3.78. The number of alkyl halides is 1. The number of nitrogens with one attached hydrogen (secondary N) is 1. The van der Waals surface area contributed by atoms with Gasteiger partial charge in [-0.25, -0.2) is 0 Å². The van der Waals surface area contributed by atoms with Crippen molar-refractivity contribution in [2.45, 2.75) is 57.6 Å². The fourth-order valence-electron chi connectivity index (χ4n) is 4.71. The van der Waals surface area contributed by atoms with E-state index in [4.69, 9.17) is 9.47 Å². The highest BCUT2D eigenvalue weighted by Crippen LogP contribution is 2.43. The molecule has 1 N–H and O–H groups in total. The number of halogens is 1. The minimum absolute atomic E-state index is 0.0598. The van der Waals surface area contributed by atoms with Crippen LogP contribution in [-0.2, 0) is 22.4 Å². The Morgan fingerprint density at radius 2 is 2.13 bits per heavy atom. The Labute approximate surface area is 187 Å². The molecule has 1 atom stereocenters. The standard InChI is InChI=1S/C23H32BrN3O3/c1-14(2)10-16-11-18-15(12-19(16)29-5)6-7-17-20(25-22(24)27(17)18)21(28)26-8-9-30-13-23(26,3)4/h11-12,14,22,25H,6-10,13H2,1-5H3. The van der Waals surface area contributed by atoms with E-state index in [1.165, 1.54) is 11.1 Å². The number of hydrogen-bond donors (Lipinski definition) is 1. The quantitative estimate of drug-likeness (QED) is 0.528. The van der Waals surface area contributed by atoms with Crippen molar-refractivity contribution >= 4 is 27.5 Å². The Morgan fingerprint density at radius 3 is 2.80 bits per heavy atom. The molecule has 0 spiro atoms. The maximum atomic E-state index is 13.5. The first-order valence-electron chi connectivity index (χ1n) is 10.8. The van der Waals surface area contributed by atoms with Crippen LogP contribution in [0.25, 0.3) is 0 Å². The summed E-state index contributed by atoms with van der Waals surface area (Å²) in [5.74, 6) is 1.55. The molecule has 1 aromatic carbocycles. The van der Waals surface area contributed by atoms with E-state index < -0.39 is 0 Å². The Bertz CT molecular complexity index is 881. The molecular formula is C23H32BrN3O3. The molecule has 1 unspecified atom stereocenters. The van der Waals surface area contributed by atoms with Crippen LogP contribution in [0.1, 0.15) is 45.2 Å². The molecule has 4 rings (SSSR count). The van der Waals surface area contributed by atoms with Crippen LogP contribution in [0.3, 0.4) is 0 Å². The molecule has 1 amide bonds. The van der Waals surface area contributed by atoms with E-state index in [0.717, 1.165) is 36.4 Å². The molecule has 3 aliphatic heterocycles. The smallest absolute Gasteiger partial charge is 0.272 e. The zero-order chi connectivity index (χ0) is 21.6. The largest absolute Gasteiger partial charge is 0.496 e. The molecule has 0 saturated carbocycles. The number of amides is 1. The number of ether oxygens (including phenoxy) is 2. The van der Waals surface area contributed by atoms with Crippen molar-refractivity contribution in [3.05, 3.63) is 34.7 Å². The maximum absolute atomic E-state index is 13.5. The second kappa shape index (κ2) is 8.08. The molecular weight excluding hydrogens is 446 g/mol. The number of nitrogens with zero attached hydrogens (tertiary/aromatic N) is 2. The van der Waals surface area contributed by atoms with Crippen LogP contribution in [0.15, 0.2) is 23.5 Å². The third-order valence-electron chi connectivity index (χ3n) is 6.17. The Balaban J connectivity index is 1.72. The average molecular weight is 478 g/mol. The highest BCUT2D eigenvalue weighted by molar-refractivity contribution is 9.09. The summed E-state index contributed by atoms with van der Waals surface area (Å²) in [5, 5.41) is 3.28. The van der Waals surface area contributed by atoms with E-state index in [-0.39, 0.29) is 16.5 Å². The lowest BCUT2D eigenvalue weighted by molar-refractivity contribution is -0.142. The number of anilines is 1. The summed E-state index contributed by atoms with van der Waals surface area (Å²) >= 11 is 3.77. The summed E-state index contributed by atoms with van der Waals surface area (Å²) < 4.78 is 11.3. The van der Waals surface area contributed by atoms with Gasteiger partial charge in [0.1, 0.15) is 11.4 Å². The van der Waals surface area contributed by atoms with Crippen LogP contribution >= 0.6 is 15.9 Å². The lowest BCUT2D eigenvalue weighted by Gasteiger charge is -2.42. The number of carbonyl (C=O) groups excluding carboxylic acids is 1. The van der Waals surface area contributed by atoms with Gasteiger partial charge in [-0.3, -0.25) is 4.79 Å². The zero-order valence-electron chi connectivity index (χ0n) is 18.5. The molecule has 30 heavy (non-hydrogen) atoms. The van der Waals surface area contributed by atoms with E-state index in [2.05, 4.69) is 66.0 Å². The maximum Gasteiger partial charge on any atom is 0.272 e. The molecule has 1 saturated heterocycles. The van der Waals surface area contributed by atoms with Crippen LogP contribution in [0.4, 0.5) is 5.69 Å². The molecule has 6 nitrogen and oxygen atoms in total. The molecule has 0 aromatic heterocycles. The Hall–Kier alpha value is -1.73. The fraction of sp³-hybridized carbons (Fsp3) is 0.609. The van der Waals surface area contributed by atoms with Crippen molar-refractivity contribution in [3.8, 4) is 5.75 Å². The second-order valence-electron chi connectivity index (χ2n) is 9.38. The van der Waals surface area contributed by atoms with Gasteiger partial charge in [-0.05, 0) is 78.2 Å². The normalized spacial score (nSPS) is 22.7. The highest BCUT2D eigenvalue weighted by atomic mass is 79.9. The fourth-order valence-corrected chi connectivity index (χ4v) is 5.41. The summed E-state index contributed by atoms with van der Waals surface area (Å²) in [6.07, 6.45) is 2.67. The van der Waals surface area contributed by atoms with Crippen molar-refractivity contribution in [3.63, 3.8) is 0 Å². The van der Waals surface area contributed by atoms with E-state index in [9.17, 15) is 4.79 Å². The predicted molar refractivity (Wildman–Crippen MR) is 122 cm³/mol. The summed E-state index contributed by atoms with van der Waals surface area (Å²) in [4.78, 5) is 17.7. The Morgan fingerprint density at radius 1 is 1.37 bits per heavy atom. The minimum Gasteiger partial charge on any atom is -0.496 e. The molecule has 7 heteroatoms. The number of allylic oxidation sites excluding steroid dienone is 1. The summed E-state index contributed by atoms with van der Waals surface area (Å²) in [7, 11) is 1.74. The van der Waals surface area contributed by atoms with Crippen molar-refractivity contribution in [2.24, 2.45) is 5.92 Å². The minimum atomic E-state index is -0.315. The first-order chi connectivity index (χ1) is 14.2. The van der Waals surface area contributed by atoms with E-state index >= 15 is 0 Å². The van der Waals surface area contributed by atoms with Gasteiger partial charge in [-0.15, -0.1) is 0 Å².